The molecule has 0 atom stereocenters. The Balaban J connectivity index is 2.71. The van der Waals surface area contributed by atoms with Gasteiger partial charge in [0, 0.05) is 12.1 Å². The molecule has 3 nitrogen and oxygen atoms in total. The van der Waals surface area contributed by atoms with E-state index in [4.69, 9.17) is 5.73 Å². The van der Waals surface area contributed by atoms with Crippen molar-refractivity contribution >= 4 is 15.9 Å². The molecule has 0 radical (unpaired) electrons. The number of H-pyrrole nitrogens is 1. The van der Waals surface area contributed by atoms with Crippen LogP contribution in [0.3, 0.4) is 0 Å². The molecular formula is C9H16BrN3. The van der Waals surface area contributed by atoms with Crippen molar-refractivity contribution in [3.05, 3.63) is 16.1 Å². The molecule has 0 aliphatic rings. The van der Waals surface area contributed by atoms with Gasteiger partial charge in [-0.05, 0) is 34.8 Å². The molecule has 0 fully saturated rings. The van der Waals surface area contributed by atoms with Crippen LogP contribution in [0.25, 0.3) is 0 Å². The van der Waals surface area contributed by atoms with Gasteiger partial charge in [-0.2, -0.15) is 0 Å². The minimum atomic E-state index is 0.640. The molecule has 3 N–H and O–H groups in total. The van der Waals surface area contributed by atoms with Crippen LogP contribution in [-0.4, -0.2) is 16.5 Å². The number of hydrogen-bond acceptors (Lipinski definition) is 2. The van der Waals surface area contributed by atoms with Gasteiger partial charge in [-0.3, -0.25) is 0 Å². The average molecular weight is 246 g/mol. The van der Waals surface area contributed by atoms with Gasteiger partial charge >= 0.3 is 0 Å². The van der Waals surface area contributed by atoms with Gasteiger partial charge in [-0.15, -0.1) is 0 Å². The summed E-state index contributed by atoms with van der Waals surface area (Å²) in [6.07, 6.45) is 1.84. The van der Waals surface area contributed by atoms with Crippen molar-refractivity contribution < 1.29 is 0 Å². The number of imidazole rings is 1. The van der Waals surface area contributed by atoms with E-state index in [0.717, 1.165) is 23.3 Å². The van der Waals surface area contributed by atoms with Gasteiger partial charge in [0.2, 0.25) is 0 Å². The summed E-state index contributed by atoms with van der Waals surface area (Å²) in [5.41, 5.74) is 6.62. The first-order valence-electron chi connectivity index (χ1n) is 4.56. The van der Waals surface area contributed by atoms with Gasteiger partial charge in [0.25, 0.3) is 0 Å². The van der Waals surface area contributed by atoms with E-state index >= 15 is 0 Å². The van der Waals surface area contributed by atoms with Crippen LogP contribution in [0, 0.1) is 5.92 Å². The van der Waals surface area contributed by atoms with Crippen molar-refractivity contribution in [3.8, 4) is 0 Å². The fraction of sp³-hybridized carbons (Fsp3) is 0.667. The number of aromatic nitrogens is 2. The highest BCUT2D eigenvalue weighted by Crippen LogP contribution is 2.17. The van der Waals surface area contributed by atoms with Crippen LogP contribution in [-0.2, 0) is 12.8 Å². The van der Waals surface area contributed by atoms with E-state index in [0.29, 0.717) is 12.5 Å². The largest absolute Gasteiger partial charge is 0.345 e. The van der Waals surface area contributed by atoms with Crippen molar-refractivity contribution in [2.24, 2.45) is 11.7 Å². The van der Waals surface area contributed by atoms with Crippen molar-refractivity contribution in [1.29, 1.82) is 0 Å². The van der Waals surface area contributed by atoms with Crippen LogP contribution in [0.15, 0.2) is 4.60 Å². The minimum Gasteiger partial charge on any atom is -0.345 e. The van der Waals surface area contributed by atoms with Crippen LogP contribution < -0.4 is 5.73 Å². The number of nitrogens with two attached hydrogens (primary N) is 1. The zero-order valence-corrected chi connectivity index (χ0v) is 9.69. The lowest BCUT2D eigenvalue weighted by atomic mass is 10.1. The van der Waals surface area contributed by atoms with Gasteiger partial charge in [0.15, 0.2) is 0 Å². The lowest BCUT2D eigenvalue weighted by Gasteiger charge is -2.01. The fourth-order valence-corrected chi connectivity index (χ4v) is 1.71. The van der Waals surface area contributed by atoms with E-state index in [9.17, 15) is 0 Å². The maximum Gasteiger partial charge on any atom is 0.127 e. The molecule has 74 valence electrons. The second kappa shape index (κ2) is 4.77. The Hall–Kier alpha value is -0.350. The van der Waals surface area contributed by atoms with Crippen molar-refractivity contribution in [3.63, 3.8) is 0 Å². The molecule has 1 rings (SSSR count). The lowest BCUT2D eigenvalue weighted by molar-refractivity contribution is 0.634. The number of nitrogens with one attached hydrogen (secondary N) is 1. The van der Waals surface area contributed by atoms with Crippen LogP contribution in [0.1, 0.15) is 25.4 Å². The molecule has 0 spiro atoms. The van der Waals surface area contributed by atoms with Gasteiger partial charge in [0.05, 0.1) is 0 Å². The standard InChI is InChI=1S/C9H16BrN3/c1-6(2)5-7-9(10)13-8(12-7)3-4-11/h6H,3-5,11H2,1-2H3,(H,12,13). The zero-order valence-electron chi connectivity index (χ0n) is 8.10. The maximum atomic E-state index is 5.45. The van der Waals surface area contributed by atoms with E-state index in [-0.39, 0.29) is 0 Å². The molecule has 0 aromatic carbocycles. The Morgan fingerprint density at radius 1 is 1.54 bits per heavy atom. The second-order valence-electron chi connectivity index (χ2n) is 3.59. The van der Waals surface area contributed by atoms with Gasteiger partial charge < -0.3 is 10.7 Å². The summed E-state index contributed by atoms with van der Waals surface area (Å²) in [6.45, 7) is 5.02. The van der Waals surface area contributed by atoms with Crippen molar-refractivity contribution in [2.45, 2.75) is 26.7 Å². The molecule has 0 unspecified atom stereocenters. The fourth-order valence-electron chi connectivity index (χ4n) is 1.24. The van der Waals surface area contributed by atoms with Gasteiger partial charge in [-0.1, -0.05) is 13.8 Å². The van der Waals surface area contributed by atoms with Gasteiger partial charge in [-0.25, -0.2) is 4.98 Å². The Bertz CT molecular complexity index is 268. The smallest absolute Gasteiger partial charge is 0.127 e. The molecule has 0 aliphatic heterocycles. The van der Waals surface area contributed by atoms with Crippen molar-refractivity contribution in [2.75, 3.05) is 6.54 Å². The highest BCUT2D eigenvalue weighted by Gasteiger charge is 2.08. The highest BCUT2D eigenvalue weighted by molar-refractivity contribution is 9.10. The molecule has 13 heavy (non-hydrogen) atoms. The molecule has 1 heterocycles. The Morgan fingerprint density at radius 3 is 2.77 bits per heavy atom. The summed E-state index contributed by atoms with van der Waals surface area (Å²) in [5, 5.41) is 0. The summed E-state index contributed by atoms with van der Waals surface area (Å²) >= 11 is 3.43. The Labute approximate surface area is 87.3 Å². The number of halogens is 1. The van der Waals surface area contributed by atoms with Crippen LogP contribution >= 0.6 is 15.9 Å². The first-order chi connectivity index (χ1) is 6.13. The zero-order chi connectivity index (χ0) is 9.84. The monoisotopic (exact) mass is 245 g/mol. The maximum absolute atomic E-state index is 5.45. The summed E-state index contributed by atoms with van der Waals surface area (Å²) in [7, 11) is 0. The van der Waals surface area contributed by atoms with E-state index in [1.807, 2.05) is 0 Å². The average Bonchev–Trinajstić information content (AvgIpc) is 2.31. The first-order valence-corrected chi connectivity index (χ1v) is 5.36. The predicted octanol–water partition coefficient (Wildman–Crippen LogP) is 1.87. The molecule has 1 aromatic heterocycles. The molecule has 0 aliphatic carbocycles. The number of aromatic amines is 1. The molecule has 0 saturated heterocycles. The Kier molecular flexibility index (Phi) is 3.93. The topological polar surface area (TPSA) is 54.7 Å². The third-order valence-electron chi connectivity index (χ3n) is 1.77. The summed E-state index contributed by atoms with van der Waals surface area (Å²) in [5.74, 6) is 1.62. The normalized spacial score (nSPS) is 11.2. The predicted molar refractivity (Wildman–Crippen MR) is 57.6 cm³/mol. The van der Waals surface area contributed by atoms with Crippen molar-refractivity contribution in [1.82, 2.24) is 9.97 Å². The molecule has 0 amide bonds. The van der Waals surface area contributed by atoms with E-state index < -0.39 is 0 Å². The quantitative estimate of drug-likeness (QED) is 0.852. The first kappa shape index (κ1) is 10.7. The highest BCUT2D eigenvalue weighted by atomic mass is 79.9. The number of nitrogens with zero attached hydrogens (tertiary/aromatic N) is 1. The molecule has 0 bridgehead atoms. The molecular weight excluding hydrogens is 230 g/mol. The lowest BCUT2D eigenvalue weighted by Crippen LogP contribution is -2.04. The third-order valence-corrected chi connectivity index (χ3v) is 2.43. The van der Waals surface area contributed by atoms with Crippen LogP contribution in [0.2, 0.25) is 0 Å². The number of hydrogen-bond donors (Lipinski definition) is 2. The summed E-state index contributed by atoms with van der Waals surface area (Å²) < 4.78 is 0.935. The molecule has 0 saturated carbocycles. The van der Waals surface area contributed by atoms with E-state index in [2.05, 4.69) is 39.7 Å². The van der Waals surface area contributed by atoms with E-state index in [1.165, 1.54) is 5.69 Å². The molecule has 4 heteroatoms. The SMILES string of the molecule is CC(C)Cc1[nH]c(CCN)nc1Br. The van der Waals surface area contributed by atoms with Gasteiger partial charge in [0.1, 0.15) is 10.4 Å². The summed E-state index contributed by atoms with van der Waals surface area (Å²) in [4.78, 5) is 7.61. The van der Waals surface area contributed by atoms with Crippen LogP contribution in [0.4, 0.5) is 0 Å². The third kappa shape index (κ3) is 3.12. The van der Waals surface area contributed by atoms with Crippen LogP contribution in [0.5, 0.6) is 0 Å². The molecule has 1 aromatic rings. The minimum absolute atomic E-state index is 0.640. The Morgan fingerprint density at radius 2 is 2.23 bits per heavy atom. The second-order valence-corrected chi connectivity index (χ2v) is 4.34. The number of rotatable bonds is 4. The van der Waals surface area contributed by atoms with E-state index in [1.54, 1.807) is 0 Å². The summed E-state index contributed by atoms with van der Waals surface area (Å²) in [6, 6.07) is 0.